The molecule has 0 bridgehead atoms. The van der Waals surface area contributed by atoms with Gasteiger partial charge in [-0.3, -0.25) is 9.36 Å². The van der Waals surface area contributed by atoms with Crippen molar-refractivity contribution in [2.75, 3.05) is 18.2 Å². The average molecular weight is 512 g/mol. The number of ether oxygens (including phenoxy) is 1. The van der Waals surface area contributed by atoms with E-state index in [1.807, 2.05) is 43.3 Å². The number of benzene rings is 1. The van der Waals surface area contributed by atoms with Crippen LogP contribution in [0.3, 0.4) is 0 Å². The van der Waals surface area contributed by atoms with Crippen molar-refractivity contribution < 1.29 is 4.74 Å². The zero-order valence-electron chi connectivity index (χ0n) is 20.6. The lowest BCUT2D eigenvalue weighted by Gasteiger charge is -2.27. The van der Waals surface area contributed by atoms with Gasteiger partial charge in [-0.15, -0.1) is 0 Å². The SMILES string of the molecule is COc1ncc(-c2cccc3cc([C@H](C)Nc4nc(N)ncc4C#N)n(C4=CC=CCC4C)c(=O)c23)s1. The number of anilines is 2. The summed E-state index contributed by atoms with van der Waals surface area (Å²) in [6.07, 6.45) is 10.0. The van der Waals surface area contributed by atoms with Gasteiger partial charge in [0.1, 0.15) is 17.5 Å². The van der Waals surface area contributed by atoms with Gasteiger partial charge < -0.3 is 15.8 Å². The highest BCUT2D eigenvalue weighted by atomic mass is 32.1. The fourth-order valence-electron chi connectivity index (χ4n) is 4.54. The van der Waals surface area contributed by atoms with Crippen molar-refractivity contribution in [1.82, 2.24) is 19.5 Å². The number of hydrogen-bond donors (Lipinski definition) is 2. The van der Waals surface area contributed by atoms with Gasteiger partial charge in [0.25, 0.3) is 10.8 Å². The number of nitrogen functional groups attached to an aromatic ring is 1. The second-order valence-electron chi connectivity index (χ2n) is 8.80. The van der Waals surface area contributed by atoms with Crippen LogP contribution in [0.4, 0.5) is 11.8 Å². The highest BCUT2D eigenvalue weighted by molar-refractivity contribution is 7.16. The summed E-state index contributed by atoms with van der Waals surface area (Å²) < 4.78 is 7.07. The molecule has 0 aliphatic heterocycles. The third kappa shape index (κ3) is 4.45. The average Bonchev–Trinajstić information content (AvgIpc) is 3.38. The van der Waals surface area contributed by atoms with E-state index in [0.717, 1.165) is 33.6 Å². The van der Waals surface area contributed by atoms with Crippen LogP contribution in [-0.4, -0.2) is 26.6 Å². The van der Waals surface area contributed by atoms with Gasteiger partial charge in [-0.05, 0) is 30.9 Å². The predicted molar refractivity (Wildman–Crippen MR) is 146 cm³/mol. The van der Waals surface area contributed by atoms with Crippen LogP contribution in [-0.2, 0) is 0 Å². The molecular weight excluding hydrogens is 486 g/mol. The van der Waals surface area contributed by atoms with Gasteiger partial charge >= 0.3 is 0 Å². The molecule has 0 saturated heterocycles. The Hall–Kier alpha value is -4.49. The molecule has 0 spiro atoms. The summed E-state index contributed by atoms with van der Waals surface area (Å²) in [4.78, 5) is 27.6. The molecule has 3 N–H and O–H groups in total. The number of nitrogens with two attached hydrogens (primary N) is 1. The summed E-state index contributed by atoms with van der Waals surface area (Å²) in [6.45, 7) is 4.03. The molecule has 4 aromatic rings. The van der Waals surface area contributed by atoms with Crippen molar-refractivity contribution in [3.63, 3.8) is 0 Å². The van der Waals surface area contributed by atoms with E-state index >= 15 is 0 Å². The van der Waals surface area contributed by atoms with Crippen molar-refractivity contribution in [2.45, 2.75) is 26.3 Å². The standard InChI is InChI=1S/C27H25N7O2S/c1-15-7-4-5-10-20(15)34-21(16(2)32-24-18(12-28)13-30-26(29)33-24)11-17-8-6-9-19(23(17)25(34)35)22-14-31-27(36-3)37-22/h4-6,8-11,13-16H,7H2,1-3H3,(H3,29,30,32,33)/t15?,16-/m0/s1. The van der Waals surface area contributed by atoms with Gasteiger partial charge in [0.05, 0.1) is 29.6 Å². The van der Waals surface area contributed by atoms with Crippen LogP contribution in [0.25, 0.3) is 26.9 Å². The summed E-state index contributed by atoms with van der Waals surface area (Å²) in [5.41, 5.74) is 8.38. The maximum absolute atomic E-state index is 14.3. The molecule has 2 atom stereocenters. The molecule has 186 valence electrons. The minimum atomic E-state index is -0.385. The lowest BCUT2D eigenvalue weighted by Crippen LogP contribution is -2.29. The molecule has 3 aromatic heterocycles. The van der Waals surface area contributed by atoms with E-state index in [4.69, 9.17) is 10.5 Å². The highest BCUT2D eigenvalue weighted by Gasteiger charge is 2.24. The minimum absolute atomic E-state index is 0.0583. The van der Waals surface area contributed by atoms with Crippen LogP contribution < -0.4 is 21.3 Å². The number of nitriles is 1. The molecule has 1 unspecified atom stereocenters. The van der Waals surface area contributed by atoms with Gasteiger partial charge in [0, 0.05) is 29.1 Å². The summed E-state index contributed by atoms with van der Waals surface area (Å²) in [5.74, 6) is 0.506. The first-order valence-electron chi connectivity index (χ1n) is 11.8. The van der Waals surface area contributed by atoms with Gasteiger partial charge in [0.15, 0.2) is 0 Å². The molecule has 1 aliphatic carbocycles. The Morgan fingerprint density at radius 2 is 2.16 bits per heavy atom. The molecule has 0 fully saturated rings. The second-order valence-corrected chi connectivity index (χ2v) is 9.79. The summed E-state index contributed by atoms with van der Waals surface area (Å²) >= 11 is 1.39. The number of rotatable bonds is 6. The first-order valence-corrected chi connectivity index (χ1v) is 12.6. The zero-order valence-corrected chi connectivity index (χ0v) is 21.4. The number of nitrogens with zero attached hydrogens (tertiary/aromatic N) is 5. The molecule has 0 amide bonds. The van der Waals surface area contributed by atoms with Crippen molar-refractivity contribution >= 4 is 39.6 Å². The molecule has 1 aromatic carbocycles. The Kier molecular flexibility index (Phi) is 6.46. The smallest absolute Gasteiger partial charge is 0.273 e. The Labute approximate surface area is 217 Å². The second kappa shape index (κ2) is 9.87. The quantitative estimate of drug-likeness (QED) is 0.370. The number of thiazole rings is 1. The molecule has 0 saturated carbocycles. The third-order valence-corrected chi connectivity index (χ3v) is 7.37. The topological polar surface area (TPSA) is 132 Å². The largest absolute Gasteiger partial charge is 0.473 e. The fourth-order valence-corrected chi connectivity index (χ4v) is 5.31. The molecule has 0 radical (unpaired) electrons. The lowest BCUT2D eigenvalue weighted by molar-refractivity contribution is 0.412. The molecule has 1 aliphatic rings. The van der Waals surface area contributed by atoms with Crippen molar-refractivity contribution in [1.29, 1.82) is 5.26 Å². The normalized spacial score (nSPS) is 15.7. The number of methoxy groups -OCH3 is 1. The maximum atomic E-state index is 14.3. The number of nitrogens with one attached hydrogen (secondary N) is 1. The molecule has 5 rings (SSSR count). The highest BCUT2D eigenvalue weighted by Crippen LogP contribution is 2.36. The van der Waals surface area contributed by atoms with Crippen LogP contribution in [0.1, 0.15) is 37.6 Å². The van der Waals surface area contributed by atoms with Gasteiger partial charge in [-0.1, -0.05) is 48.6 Å². The van der Waals surface area contributed by atoms with Crippen molar-refractivity contribution in [3.05, 3.63) is 76.5 Å². The molecule has 3 heterocycles. The minimum Gasteiger partial charge on any atom is -0.473 e. The van der Waals surface area contributed by atoms with E-state index in [9.17, 15) is 10.1 Å². The molecule has 9 nitrogen and oxygen atoms in total. The van der Waals surface area contributed by atoms with Crippen molar-refractivity contribution in [3.8, 4) is 21.7 Å². The van der Waals surface area contributed by atoms with Gasteiger partial charge in [-0.2, -0.15) is 10.2 Å². The maximum Gasteiger partial charge on any atom is 0.273 e. The van der Waals surface area contributed by atoms with E-state index in [-0.39, 0.29) is 29.0 Å². The van der Waals surface area contributed by atoms with Crippen LogP contribution in [0.5, 0.6) is 5.19 Å². The fraction of sp³-hybridized carbons (Fsp3) is 0.222. The summed E-state index contributed by atoms with van der Waals surface area (Å²) in [5, 5.41) is 14.8. The van der Waals surface area contributed by atoms with E-state index in [2.05, 4.69) is 39.3 Å². The van der Waals surface area contributed by atoms with Crippen LogP contribution in [0.2, 0.25) is 0 Å². The van der Waals surface area contributed by atoms with E-state index in [0.29, 0.717) is 16.4 Å². The zero-order chi connectivity index (χ0) is 26.1. The first kappa shape index (κ1) is 24.2. The molecule has 10 heteroatoms. The van der Waals surface area contributed by atoms with Gasteiger partial charge in [0.2, 0.25) is 5.95 Å². The Bertz CT molecular complexity index is 1660. The molecular formula is C27H25N7O2S. The third-order valence-electron chi connectivity index (χ3n) is 6.38. The molecule has 37 heavy (non-hydrogen) atoms. The summed E-state index contributed by atoms with van der Waals surface area (Å²) in [7, 11) is 1.58. The Balaban J connectivity index is 1.74. The first-order chi connectivity index (χ1) is 17.9. The van der Waals surface area contributed by atoms with Crippen molar-refractivity contribution in [2.24, 2.45) is 5.92 Å². The number of allylic oxidation sites excluding steroid dienone is 4. The number of pyridine rings is 1. The van der Waals surface area contributed by atoms with E-state index < -0.39 is 0 Å². The van der Waals surface area contributed by atoms with Crippen LogP contribution in [0, 0.1) is 17.2 Å². The predicted octanol–water partition coefficient (Wildman–Crippen LogP) is 4.99. The van der Waals surface area contributed by atoms with Crippen LogP contribution in [0.15, 0.2) is 59.7 Å². The van der Waals surface area contributed by atoms with Crippen LogP contribution >= 0.6 is 11.3 Å². The lowest BCUT2D eigenvalue weighted by atomic mass is 9.96. The number of aromatic nitrogens is 4. The Morgan fingerprint density at radius 3 is 2.89 bits per heavy atom. The monoisotopic (exact) mass is 511 g/mol. The number of hydrogen-bond acceptors (Lipinski definition) is 9. The van der Waals surface area contributed by atoms with E-state index in [1.54, 1.807) is 17.9 Å². The van der Waals surface area contributed by atoms with E-state index in [1.165, 1.54) is 17.5 Å². The van der Waals surface area contributed by atoms with Gasteiger partial charge in [-0.25, -0.2) is 9.97 Å². The number of fused-ring (bicyclic) bond motifs is 1. The Morgan fingerprint density at radius 1 is 1.32 bits per heavy atom. The summed E-state index contributed by atoms with van der Waals surface area (Å²) in [6, 6.07) is 9.52.